The van der Waals surface area contributed by atoms with E-state index < -0.39 is 5.41 Å². The Morgan fingerprint density at radius 1 is 0.226 bits per heavy atom. The fourth-order valence-corrected chi connectivity index (χ4v) is 22.3. The molecule has 0 aliphatic heterocycles. The lowest BCUT2D eigenvalue weighted by Gasteiger charge is -2.31. The monoisotopic (exact) mass is 1470 g/mol. The first-order chi connectivity index (χ1) is 56.3. The minimum absolute atomic E-state index is 0.0645. The largest absolute Gasteiger partial charge is 0.309 e. The van der Waals surface area contributed by atoms with E-state index in [1.54, 1.807) is 0 Å². The molecule has 5 nitrogen and oxygen atoms in total. The number of nitrogens with zero attached hydrogens (tertiary/aromatic N) is 5. The van der Waals surface area contributed by atoms with E-state index in [-0.39, 0.29) is 22.2 Å². The predicted octanol–water partition coefficient (Wildman–Crippen LogP) is 27.2. The summed E-state index contributed by atoms with van der Waals surface area (Å²) in [5.41, 5.74) is 43.3. The summed E-state index contributed by atoms with van der Waals surface area (Å²) in [7, 11) is 0. The summed E-state index contributed by atoms with van der Waals surface area (Å²) in [5.74, 6) is 1.55. The molecule has 3 heterocycles. The van der Waals surface area contributed by atoms with Gasteiger partial charge in [-0.05, 0) is 246 Å². The number of hydrogen-bond donors (Lipinski definition) is 0. The van der Waals surface area contributed by atoms with Gasteiger partial charge in [-0.1, -0.05) is 302 Å². The van der Waals surface area contributed by atoms with Gasteiger partial charge >= 0.3 is 0 Å². The minimum Gasteiger partial charge on any atom is -0.309 e. The van der Waals surface area contributed by atoms with Gasteiger partial charge < -0.3 is 4.57 Å². The van der Waals surface area contributed by atoms with Crippen molar-refractivity contribution in [3.05, 3.63) is 412 Å². The van der Waals surface area contributed by atoms with Crippen LogP contribution in [-0.4, -0.2) is 24.1 Å². The molecule has 16 aromatic carbocycles. The van der Waals surface area contributed by atoms with Gasteiger partial charge in [0.25, 0.3) is 0 Å². The fraction of sp³-hybridized carbons (Fsp3) is 0.100. The average Bonchev–Trinajstić information content (AvgIpc) is 1.50. The van der Waals surface area contributed by atoms with Crippen molar-refractivity contribution in [2.45, 2.75) is 69.1 Å². The predicted molar refractivity (Wildman–Crippen MR) is 472 cm³/mol. The molecule has 0 amide bonds. The van der Waals surface area contributed by atoms with E-state index >= 15 is 0 Å². The molecular weight excluding hydrogens is 1390 g/mol. The molecule has 0 fully saturated rings. The van der Waals surface area contributed by atoms with Crippen LogP contribution in [0.4, 0.5) is 0 Å². The highest BCUT2D eigenvalue weighted by Gasteiger charge is 2.52. The molecule has 0 saturated carbocycles. The maximum Gasteiger partial charge on any atom is 0.238 e. The number of aromatic nitrogens is 5. The fourth-order valence-electron chi connectivity index (χ4n) is 22.3. The summed E-state index contributed by atoms with van der Waals surface area (Å²) in [5, 5.41) is 4.71. The zero-order chi connectivity index (χ0) is 76.3. The summed E-state index contributed by atoms with van der Waals surface area (Å²) < 4.78 is 4.81. The Balaban J connectivity index is 0.676. The van der Waals surface area contributed by atoms with E-state index in [2.05, 4.69) is 390 Å². The first-order valence-corrected chi connectivity index (χ1v) is 40.6. The van der Waals surface area contributed by atoms with Crippen LogP contribution in [0.1, 0.15) is 120 Å². The van der Waals surface area contributed by atoms with Crippen LogP contribution in [0.5, 0.6) is 0 Å². The molecule has 25 rings (SSSR count). The van der Waals surface area contributed by atoms with Gasteiger partial charge in [-0.25, -0.2) is 4.98 Å². The van der Waals surface area contributed by atoms with Crippen molar-refractivity contribution < 1.29 is 0 Å². The standard InChI is InChI=1S/C110H75N5/c1-107(2)89-32-16-9-26-74(89)84-56-64(41-50-92(84)107)63-39-48-82-83(55-63)71-23-7-8-31-81(71)103(82)105-111-104(112-106(113-105)115-100-38-22-15-30-80(100)88-60-68(45-54-102(88)115)66-43-52-94-86(58-66)76-28-11-18-34-91(76)109(94,5)6)69-40-47-77-78-49-46-70(62-98(78)110(97(77)61-69)95-35-19-12-24-72(95)73-25-13-20-36-96(73)110)114-99-37-21-14-29-79(99)87-59-67(44-53-101(87)114)65-42-51-93-85(57-65)75-27-10-17-33-90(75)108(93,3)4/h7-62,103H,1-6H3. The van der Waals surface area contributed by atoms with Crippen LogP contribution in [0, 0.1) is 0 Å². The van der Waals surface area contributed by atoms with E-state index in [1.807, 2.05) is 0 Å². The van der Waals surface area contributed by atoms with Crippen LogP contribution in [-0.2, 0) is 21.7 Å². The lowest BCUT2D eigenvalue weighted by atomic mass is 9.70. The summed E-state index contributed by atoms with van der Waals surface area (Å²) >= 11 is 0. The molecule has 115 heavy (non-hydrogen) atoms. The van der Waals surface area contributed by atoms with Gasteiger partial charge in [0.05, 0.1) is 33.4 Å². The summed E-state index contributed by atoms with van der Waals surface area (Å²) in [4.78, 5) is 17.7. The van der Waals surface area contributed by atoms with E-state index in [1.165, 1.54) is 183 Å². The first kappa shape index (κ1) is 64.8. The normalized spacial score (nSPS) is 15.6. The Bertz CT molecular complexity index is 7550. The second kappa shape index (κ2) is 22.9. The zero-order valence-electron chi connectivity index (χ0n) is 64.6. The molecule has 3 aromatic heterocycles. The second-order valence-corrected chi connectivity index (χ2v) is 34.4. The highest BCUT2D eigenvalue weighted by atomic mass is 15.2. The molecular formula is C110H75N5. The molecule has 5 heteroatoms. The molecule has 0 N–H and O–H groups in total. The Morgan fingerprint density at radius 2 is 0.583 bits per heavy atom. The van der Waals surface area contributed by atoms with E-state index in [4.69, 9.17) is 15.0 Å². The molecule has 1 spiro atoms. The number of benzene rings is 16. The zero-order valence-corrected chi connectivity index (χ0v) is 64.6. The number of fused-ring (bicyclic) bond motifs is 28. The molecule has 0 saturated heterocycles. The van der Waals surface area contributed by atoms with Crippen LogP contribution in [0.2, 0.25) is 0 Å². The van der Waals surface area contributed by atoms with Gasteiger partial charge in [0.2, 0.25) is 5.95 Å². The second-order valence-electron chi connectivity index (χ2n) is 34.4. The minimum atomic E-state index is -0.725. The molecule has 1 unspecified atom stereocenters. The van der Waals surface area contributed by atoms with Crippen molar-refractivity contribution in [2.24, 2.45) is 0 Å². The maximum atomic E-state index is 5.92. The number of hydrogen-bond acceptors (Lipinski definition) is 3. The molecule has 540 valence electrons. The van der Waals surface area contributed by atoms with Crippen LogP contribution >= 0.6 is 0 Å². The number of para-hydroxylation sites is 2. The molecule has 0 bridgehead atoms. The van der Waals surface area contributed by atoms with Crippen LogP contribution < -0.4 is 0 Å². The van der Waals surface area contributed by atoms with Crippen LogP contribution in [0.25, 0.3) is 167 Å². The van der Waals surface area contributed by atoms with Gasteiger partial charge in [0.1, 0.15) is 5.82 Å². The van der Waals surface area contributed by atoms with Crippen molar-refractivity contribution in [1.82, 2.24) is 24.1 Å². The lowest BCUT2D eigenvalue weighted by Crippen LogP contribution is -2.26. The number of rotatable bonds is 7. The first-order valence-electron chi connectivity index (χ1n) is 40.6. The van der Waals surface area contributed by atoms with Crippen molar-refractivity contribution in [3.8, 4) is 123 Å². The molecule has 1 atom stereocenters. The third-order valence-electron chi connectivity index (χ3n) is 27.7. The Kier molecular flexibility index (Phi) is 12.9. The lowest BCUT2D eigenvalue weighted by molar-refractivity contribution is 0.660. The smallest absolute Gasteiger partial charge is 0.238 e. The van der Waals surface area contributed by atoms with Gasteiger partial charge in [0.15, 0.2) is 5.82 Å². The molecule has 0 radical (unpaired) electrons. The van der Waals surface area contributed by atoms with Crippen molar-refractivity contribution >= 4 is 43.6 Å². The van der Waals surface area contributed by atoms with E-state index in [0.29, 0.717) is 17.6 Å². The maximum absolute atomic E-state index is 5.92. The van der Waals surface area contributed by atoms with Crippen molar-refractivity contribution in [2.75, 3.05) is 0 Å². The van der Waals surface area contributed by atoms with Crippen LogP contribution in [0.3, 0.4) is 0 Å². The van der Waals surface area contributed by atoms with Crippen LogP contribution in [0.15, 0.2) is 340 Å². The highest BCUT2D eigenvalue weighted by molar-refractivity contribution is 6.12. The van der Waals surface area contributed by atoms with E-state index in [9.17, 15) is 0 Å². The van der Waals surface area contributed by atoms with Crippen molar-refractivity contribution in [3.63, 3.8) is 0 Å². The van der Waals surface area contributed by atoms with Gasteiger partial charge in [0, 0.05) is 49.0 Å². The molecule has 19 aromatic rings. The van der Waals surface area contributed by atoms with Gasteiger partial charge in [-0.2, -0.15) is 9.97 Å². The highest BCUT2D eigenvalue weighted by Crippen LogP contribution is 2.64. The third-order valence-corrected chi connectivity index (χ3v) is 27.7. The SMILES string of the molecule is CC1(C)c2ccccc2-c2cc(-c3ccc4c(c3)-c3ccccc3C4c3nc(-c4ccc5c(c4)C4(c6ccccc6-c6ccccc64)c4cc(-n6c7ccccc7c7cc(-c8ccc9c(c8)-c8ccccc8C9(C)C)ccc76)ccc4-5)nc(-n4c5ccccc5c5cc(-c6ccc7c(c6)-c6ccccc6C7(C)C)ccc54)n3)ccc21. The Hall–Kier alpha value is -13.9. The summed E-state index contributed by atoms with van der Waals surface area (Å²) in [6, 6.07) is 129. The average molecular weight is 1470 g/mol. The quantitative estimate of drug-likeness (QED) is 0.160. The van der Waals surface area contributed by atoms with Gasteiger partial charge in [-0.3, -0.25) is 4.57 Å². The van der Waals surface area contributed by atoms with Crippen molar-refractivity contribution in [1.29, 1.82) is 0 Å². The third kappa shape index (κ3) is 8.64. The topological polar surface area (TPSA) is 48.5 Å². The summed E-state index contributed by atoms with van der Waals surface area (Å²) in [6.45, 7) is 14.1. The molecule has 6 aliphatic rings. The summed E-state index contributed by atoms with van der Waals surface area (Å²) in [6.07, 6.45) is 0. The molecule has 6 aliphatic carbocycles. The van der Waals surface area contributed by atoms with E-state index in [0.717, 1.165) is 38.6 Å². The Labute approximate surface area is 667 Å². The van der Waals surface area contributed by atoms with Gasteiger partial charge in [-0.15, -0.1) is 0 Å². The Morgan fingerprint density at radius 3 is 1.11 bits per heavy atom.